The zero-order valence-electron chi connectivity index (χ0n) is 14.2. The molecule has 6 heteroatoms. The Morgan fingerprint density at radius 2 is 1.76 bits per heavy atom. The lowest BCUT2D eigenvalue weighted by Gasteiger charge is -2.06. The predicted octanol–water partition coefficient (Wildman–Crippen LogP) is 3.34. The number of hydrogen-bond donors (Lipinski definition) is 1. The number of carbonyl (C=O) groups excluding carboxylic acids is 1. The number of nitrogens with zero attached hydrogens (tertiary/aromatic N) is 2. The van der Waals surface area contributed by atoms with Gasteiger partial charge in [0.05, 0.1) is 17.3 Å². The average molecular weight is 337 g/mol. The molecular formula is C19H19N3O3. The molecule has 1 amide bonds. The molecule has 0 aliphatic carbocycles. The Kier molecular flexibility index (Phi) is 6.55. The molecule has 0 bridgehead atoms. The van der Waals surface area contributed by atoms with Crippen LogP contribution in [-0.4, -0.2) is 24.8 Å². The van der Waals surface area contributed by atoms with Crippen molar-refractivity contribution >= 4 is 17.3 Å². The van der Waals surface area contributed by atoms with Gasteiger partial charge in [0.25, 0.3) is 0 Å². The van der Waals surface area contributed by atoms with Crippen LogP contribution < -0.4 is 10.1 Å². The fourth-order valence-corrected chi connectivity index (χ4v) is 2.02. The molecule has 1 N–H and O–H groups in total. The minimum atomic E-state index is -0.108. The lowest BCUT2D eigenvalue weighted by atomic mass is 10.1. The summed E-state index contributed by atoms with van der Waals surface area (Å²) < 4.78 is 5.50. The maximum Gasteiger partial charge on any atom is 0.221 e. The number of benzene rings is 2. The Morgan fingerprint density at radius 3 is 2.36 bits per heavy atom. The van der Waals surface area contributed by atoms with E-state index < -0.39 is 0 Å². The first-order valence-corrected chi connectivity index (χ1v) is 7.76. The van der Waals surface area contributed by atoms with Crippen LogP contribution in [0.3, 0.4) is 0 Å². The lowest BCUT2D eigenvalue weighted by molar-refractivity contribution is -0.114. The second kappa shape index (κ2) is 9.08. The molecule has 2 aromatic carbocycles. The highest BCUT2D eigenvalue weighted by atomic mass is 16.6. The molecule has 0 atom stereocenters. The molecule has 6 nitrogen and oxygen atoms in total. The van der Waals surface area contributed by atoms with Gasteiger partial charge in [0.1, 0.15) is 12.4 Å². The topological polar surface area (TPSA) is 83.7 Å². The normalized spacial score (nSPS) is 10.7. The molecule has 0 fully saturated rings. The number of ether oxygens (including phenoxy) is 1. The van der Waals surface area contributed by atoms with Crippen LogP contribution in [0, 0.1) is 11.3 Å². The van der Waals surface area contributed by atoms with E-state index in [-0.39, 0.29) is 5.91 Å². The van der Waals surface area contributed by atoms with Gasteiger partial charge in [0.2, 0.25) is 5.91 Å². The fourth-order valence-electron chi connectivity index (χ4n) is 2.02. The van der Waals surface area contributed by atoms with Crippen molar-refractivity contribution in [2.45, 2.75) is 13.8 Å². The fraction of sp³-hybridized carbons (Fsp3) is 0.211. The molecule has 2 rings (SSSR count). The average Bonchev–Trinajstić information content (AvgIpc) is 2.62. The van der Waals surface area contributed by atoms with E-state index in [9.17, 15) is 4.79 Å². The van der Waals surface area contributed by atoms with Gasteiger partial charge in [-0.3, -0.25) is 4.79 Å². The first-order valence-electron chi connectivity index (χ1n) is 7.76. The molecule has 0 aromatic heterocycles. The Labute approximate surface area is 146 Å². The molecule has 2 aromatic rings. The number of amides is 1. The van der Waals surface area contributed by atoms with E-state index in [4.69, 9.17) is 14.8 Å². The minimum Gasteiger partial charge on any atom is -0.490 e. The molecule has 128 valence electrons. The van der Waals surface area contributed by atoms with Crippen molar-refractivity contribution < 1.29 is 14.4 Å². The third-order valence-electron chi connectivity index (χ3n) is 3.25. The maximum atomic E-state index is 11.0. The van der Waals surface area contributed by atoms with Gasteiger partial charge < -0.3 is 14.9 Å². The van der Waals surface area contributed by atoms with E-state index in [0.717, 1.165) is 17.0 Å². The smallest absolute Gasteiger partial charge is 0.221 e. The highest BCUT2D eigenvalue weighted by Gasteiger charge is 2.00. The van der Waals surface area contributed by atoms with Gasteiger partial charge in [0.15, 0.2) is 6.61 Å². The summed E-state index contributed by atoms with van der Waals surface area (Å²) in [6, 6.07) is 16.3. The quantitative estimate of drug-likeness (QED) is 0.477. The van der Waals surface area contributed by atoms with Crippen LogP contribution in [0.15, 0.2) is 53.7 Å². The molecule has 0 aliphatic rings. The molecule has 0 unspecified atom stereocenters. The van der Waals surface area contributed by atoms with Crippen LogP contribution in [0.1, 0.15) is 25.0 Å². The standard InChI is InChI=1S/C19H19N3O3/c1-14(17-5-7-18(8-6-17)21-15(2)23)22-25-12-11-24-19-9-3-16(13-20)4-10-19/h3-10H,11-12H2,1-2H3,(H,21,23)/b22-14+. The van der Waals surface area contributed by atoms with Crippen molar-refractivity contribution in [3.8, 4) is 11.8 Å². The lowest BCUT2D eigenvalue weighted by Crippen LogP contribution is -2.07. The molecule has 0 aliphatic heterocycles. The summed E-state index contributed by atoms with van der Waals surface area (Å²) >= 11 is 0. The van der Waals surface area contributed by atoms with Crippen LogP contribution in [0.2, 0.25) is 0 Å². The minimum absolute atomic E-state index is 0.108. The number of nitrogens with one attached hydrogen (secondary N) is 1. The summed E-state index contributed by atoms with van der Waals surface area (Å²) in [6.07, 6.45) is 0. The number of oxime groups is 1. The SMILES string of the molecule is CC(=O)Nc1ccc(/C(C)=N/OCCOc2ccc(C#N)cc2)cc1. The molecule has 0 radical (unpaired) electrons. The first kappa shape index (κ1) is 18.0. The van der Waals surface area contributed by atoms with Gasteiger partial charge in [0, 0.05) is 12.6 Å². The van der Waals surface area contributed by atoms with Crippen molar-refractivity contribution in [3.63, 3.8) is 0 Å². The third-order valence-corrected chi connectivity index (χ3v) is 3.25. The van der Waals surface area contributed by atoms with E-state index in [1.807, 2.05) is 31.2 Å². The summed E-state index contributed by atoms with van der Waals surface area (Å²) in [4.78, 5) is 16.2. The Morgan fingerprint density at radius 1 is 1.08 bits per heavy atom. The van der Waals surface area contributed by atoms with Crippen molar-refractivity contribution in [2.24, 2.45) is 5.16 Å². The Bertz CT molecular complexity index is 775. The Balaban J connectivity index is 1.77. The van der Waals surface area contributed by atoms with E-state index >= 15 is 0 Å². The molecule has 0 saturated carbocycles. The van der Waals surface area contributed by atoms with E-state index in [0.29, 0.717) is 24.5 Å². The van der Waals surface area contributed by atoms with E-state index in [1.165, 1.54) is 6.92 Å². The molecular weight excluding hydrogens is 318 g/mol. The highest BCUT2D eigenvalue weighted by Crippen LogP contribution is 2.12. The molecule has 0 saturated heterocycles. The van der Waals surface area contributed by atoms with Gasteiger partial charge in [-0.05, 0) is 48.9 Å². The number of carbonyl (C=O) groups is 1. The first-order chi connectivity index (χ1) is 12.1. The Hall–Kier alpha value is -3.33. The third kappa shape index (κ3) is 5.99. The van der Waals surface area contributed by atoms with Crippen molar-refractivity contribution in [1.82, 2.24) is 0 Å². The highest BCUT2D eigenvalue weighted by molar-refractivity contribution is 5.99. The molecule has 25 heavy (non-hydrogen) atoms. The molecule has 0 heterocycles. The van der Waals surface area contributed by atoms with Crippen molar-refractivity contribution in [1.29, 1.82) is 5.26 Å². The van der Waals surface area contributed by atoms with Crippen molar-refractivity contribution in [2.75, 3.05) is 18.5 Å². The van der Waals surface area contributed by atoms with E-state index in [2.05, 4.69) is 16.5 Å². The van der Waals surface area contributed by atoms with Crippen LogP contribution in [0.25, 0.3) is 0 Å². The van der Waals surface area contributed by atoms with Crippen LogP contribution in [-0.2, 0) is 9.63 Å². The number of rotatable bonds is 7. The van der Waals surface area contributed by atoms with Gasteiger partial charge in [-0.15, -0.1) is 0 Å². The zero-order valence-corrected chi connectivity index (χ0v) is 14.2. The summed E-state index contributed by atoms with van der Waals surface area (Å²) in [5.41, 5.74) is 2.96. The summed E-state index contributed by atoms with van der Waals surface area (Å²) in [7, 11) is 0. The van der Waals surface area contributed by atoms with E-state index in [1.54, 1.807) is 24.3 Å². The monoisotopic (exact) mass is 337 g/mol. The second-order valence-corrected chi connectivity index (χ2v) is 5.25. The number of anilines is 1. The second-order valence-electron chi connectivity index (χ2n) is 5.25. The molecule has 0 spiro atoms. The maximum absolute atomic E-state index is 11.0. The van der Waals surface area contributed by atoms with Gasteiger partial charge in [-0.2, -0.15) is 5.26 Å². The van der Waals surface area contributed by atoms with Gasteiger partial charge in [-0.1, -0.05) is 17.3 Å². The number of hydrogen-bond acceptors (Lipinski definition) is 5. The summed E-state index contributed by atoms with van der Waals surface area (Å²) in [5, 5.41) is 15.5. The predicted molar refractivity (Wildman–Crippen MR) is 95.6 cm³/mol. The largest absolute Gasteiger partial charge is 0.490 e. The zero-order chi connectivity index (χ0) is 18.1. The van der Waals surface area contributed by atoms with Crippen LogP contribution in [0.5, 0.6) is 5.75 Å². The van der Waals surface area contributed by atoms with Gasteiger partial charge >= 0.3 is 0 Å². The summed E-state index contributed by atoms with van der Waals surface area (Å²) in [6.45, 7) is 3.97. The van der Waals surface area contributed by atoms with Crippen LogP contribution in [0.4, 0.5) is 5.69 Å². The number of nitriles is 1. The van der Waals surface area contributed by atoms with Crippen molar-refractivity contribution in [3.05, 3.63) is 59.7 Å². The summed E-state index contributed by atoms with van der Waals surface area (Å²) in [5.74, 6) is 0.570. The van der Waals surface area contributed by atoms with Crippen LogP contribution >= 0.6 is 0 Å². The van der Waals surface area contributed by atoms with Gasteiger partial charge in [-0.25, -0.2) is 0 Å².